The summed E-state index contributed by atoms with van der Waals surface area (Å²) in [5, 5.41) is 3.95. The van der Waals surface area contributed by atoms with E-state index in [4.69, 9.17) is 20.0 Å². The van der Waals surface area contributed by atoms with Gasteiger partial charge in [-0.2, -0.15) is 0 Å². The van der Waals surface area contributed by atoms with E-state index < -0.39 is 11.6 Å². The first-order chi connectivity index (χ1) is 9.15. The van der Waals surface area contributed by atoms with Gasteiger partial charge in [0.05, 0.1) is 19.9 Å². The number of carbonyl (C=O) groups is 1. The summed E-state index contributed by atoms with van der Waals surface area (Å²) in [5.74, 6) is 0.239. The van der Waals surface area contributed by atoms with Gasteiger partial charge in [0.25, 0.3) is 5.60 Å². The van der Waals surface area contributed by atoms with Gasteiger partial charge in [-0.05, 0) is 29.8 Å². The minimum absolute atomic E-state index is 0.0167. The number of rotatable bonds is 4. The quantitative estimate of drug-likeness (QED) is 0.809. The normalized spacial score (nSPS) is 21.5. The van der Waals surface area contributed by atoms with E-state index in [9.17, 15) is 4.79 Å². The van der Waals surface area contributed by atoms with Crippen LogP contribution in [-0.4, -0.2) is 38.0 Å². The molecule has 0 fully saturated rings. The fourth-order valence-corrected chi connectivity index (χ4v) is 1.90. The Hall–Kier alpha value is -2.08. The second-order valence-electron chi connectivity index (χ2n) is 4.22. The Morgan fingerprint density at radius 2 is 2.11 bits per heavy atom. The van der Waals surface area contributed by atoms with Crippen molar-refractivity contribution < 1.29 is 19.1 Å². The smallest absolute Gasteiger partial charge is 0.354 e. The van der Waals surface area contributed by atoms with Crippen molar-refractivity contribution in [3.8, 4) is 5.75 Å². The van der Waals surface area contributed by atoms with Gasteiger partial charge in [0.15, 0.2) is 0 Å². The average molecular weight is 264 g/mol. The molecule has 0 saturated heterocycles. The Kier molecular flexibility index (Phi) is 3.71. The number of esters is 1. The number of hydrogen-bond donors (Lipinski definition) is 1. The van der Waals surface area contributed by atoms with Crippen molar-refractivity contribution in [2.45, 2.75) is 12.0 Å². The molecule has 1 aliphatic heterocycles. The lowest BCUT2D eigenvalue weighted by Gasteiger charge is -2.21. The van der Waals surface area contributed by atoms with E-state index in [0.29, 0.717) is 12.1 Å². The zero-order valence-electron chi connectivity index (χ0n) is 10.9. The van der Waals surface area contributed by atoms with E-state index in [0.717, 1.165) is 11.3 Å². The van der Waals surface area contributed by atoms with Crippen molar-refractivity contribution in [3.63, 3.8) is 0 Å². The zero-order valence-corrected chi connectivity index (χ0v) is 10.9. The molecule has 0 aliphatic carbocycles. The lowest BCUT2D eigenvalue weighted by Crippen LogP contribution is -2.46. The third kappa shape index (κ3) is 2.39. The SMILES string of the molecule is COC(=O)C1(CN)CC(c2ccc(OC)cc2)=NO1. The molecule has 0 aromatic heterocycles. The van der Waals surface area contributed by atoms with Crippen LogP contribution in [0.15, 0.2) is 29.4 Å². The zero-order chi connectivity index (χ0) is 13.9. The summed E-state index contributed by atoms with van der Waals surface area (Å²) in [4.78, 5) is 16.9. The predicted octanol–water partition coefficient (Wildman–Crippen LogP) is 0.690. The second-order valence-corrected chi connectivity index (χ2v) is 4.22. The van der Waals surface area contributed by atoms with Crippen molar-refractivity contribution in [3.05, 3.63) is 29.8 Å². The van der Waals surface area contributed by atoms with Gasteiger partial charge < -0.3 is 20.0 Å². The largest absolute Gasteiger partial charge is 0.497 e. The number of carbonyl (C=O) groups excluding carboxylic acids is 1. The van der Waals surface area contributed by atoms with Crippen LogP contribution in [-0.2, 0) is 14.4 Å². The van der Waals surface area contributed by atoms with Crippen molar-refractivity contribution >= 4 is 11.7 Å². The van der Waals surface area contributed by atoms with E-state index in [1.807, 2.05) is 24.3 Å². The summed E-state index contributed by atoms with van der Waals surface area (Å²) >= 11 is 0. The minimum Gasteiger partial charge on any atom is -0.497 e. The van der Waals surface area contributed by atoms with Gasteiger partial charge in [-0.25, -0.2) is 4.79 Å². The van der Waals surface area contributed by atoms with Crippen LogP contribution in [0.1, 0.15) is 12.0 Å². The molecular formula is C13H16N2O4. The molecule has 1 heterocycles. The minimum atomic E-state index is -1.20. The van der Waals surface area contributed by atoms with Gasteiger partial charge in [-0.3, -0.25) is 0 Å². The molecular weight excluding hydrogens is 248 g/mol. The highest BCUT2D eigenvalue weighted by atomic mass is 16.7. The Balaban J connectivity index is 2.18. The highest BCUT2D eigenvalue weighted by Gasteiger charge is 2.46. The van der Waals surface area contributed by atoms with Crippen molar-refractivity contribution in [1.82, 2.24) is 0 Å². The molecule has 0 bridgehead atoms. The van der Waals surface area contributed by atoms with Gasteiger partial charge in [-0.15, -0.1) is 0 Å². The molecule has 0 saturated carbocycles. The summed E-state index contributed by atoms with van der Waals surface area (Å²) in [6.45, 7) is 0.0167. The van der Waals surface area contributed by atoms with Crippen LogP contribution >= 0.6 is 0 Å². The molecule has 1 aromatic rings. The Morgan fingerprint density at radius 3 is 2.63 bits per heavy atom. The standard InChI is InChI=1S/C13H16N2O4/c1-17-10-5-3-9(4-6-10)11-7-13(8-14,19-15-11)12(16)18-2/h3-6H,7-8,14H2,1-2H3. The van der Waals surface area contributed by atoms with E-state index in [1.54, 1.807) is 7.11 Å². The fourth-order valence-electron chi connectivity index (χ4n) is 1.90. The Bertz CT molecular complexity index is 498. The molecule has 0 radical (unpaired) electrons. The Labute approximate surface area is 111 Å². The van der Waals surface area contributed by atoms with Crippen LogP contribution in [0.25, 0.3) is 0 Å². The molecule has 1 unspecified atom stereocenters. The first kappa shape index (κ1) is 13.4. The summed E-state index contributed by atoms with van der Waals surface area (Å²) in [5.41, 5.74) is 5.93. The molecule has 102 valence electrons. The highest BCUT2D eigenvalue weighted by Crippen LogP contribution is 2.28. The van der Waals surface area contributed by atoms with Gasteiger partial charge in [0.2, 0.25) is 0 Å². The molecule has 1 atom stereocenters. The van der Waals surface area contributed by atoms with Crippen molar-refractivity contribution in [2.75, 3.05) is 20.8 Å². The lowest BCUT2D eigenvalue weighted by molar-refractivity contribution is -0.165. The number of methoxy groups -OCH3 is 2. The van der Waals surface area contributed by atoms with E-state index in [2.05, 4.69) is 5.16 Å². The molecule has 6 nitrogen and oxygen atoms in total. The summed E-state index contributed by atoms with van der Waals surface area (Å²) < 4.78 is 9.80. The van der Waals surface area contributed by atoms with Crippen LogP contribution in [0.4, 0.5) is 0 Å². The number of nitrogens with zero attached hydrogens (tertiary/aromatic N) is 1. The number of hydrogen-bond acceptors (Lipinski definition) is 6. The summed E-state index contributed by atoms with van der Waals surface area (Å²) in [7, 11) is 2.90. The molecule has 2 rings (SSSR count). The summed E-state index contributed by atoms with van der Waals surface area (Å²) in [6.07, 6.45) is 0.294. The predicted molar refractivity (Wildman–Crippen MR) is 69.0 cm³/mol. The monoisotopic (exact) mass is 264 g/mol. The molecule has 2 N–H and O–H groups in total. The van der Waals surface area contributed by atoms with E-state index in [1.165, 1.54) is 7.11 Å². The highest BCUT2D eigenvalue weighted by molar-refractivity contribution is 6.04. The van der Waals surface area contributed by atoms with Crippen molar-refractivity contribution in [2.24, 2.45) is 10.9 Å². The molecule has 0 spiro atoms. The van der Waals surface area contributed by atoms with E-state index in [-0.39, 0.29) is 6.54 Å². The number of nitrogens with two attached hydrogens (primary N) is 1. The van der Waals surface area contributed by atoms with Gasteiger partial charge >= 0.3 is 5.97 Å². The van der Waals surface area contributed by atoms with Crippen LogP contribution in [0.3, 0.4) is 0 Å². The first-order valence-corrected chi connectivity index (χ1v) is 5.83. The van der Waals surface area contributed by atoms with Crippen LogP contribution in [0, 0.1) is 0 Å². The first-order valence-electron chi connectivity index (χ1n) is 5.83. The molecule has 0 amide bonds. The van der Waals surface area contributed by atoms with Gasteiger partial charge in [0, 0.05) is 13.0 Å². The number of ether oxygens (including phenoxy) is 2. The van der Waals surface area contributed by atoms with Gasteiger partial charge in [0.1, 0.15) is 5.75 Å². The maximum atomic E-state index is 11.7. The van der Waals surface area contributed by atoms with Crippen LogP contribution in [0.2, 0.25) is 0 Å². The molecule has 6 heteroatoms. The van der Waals surface area contributed by atoms with Crippen molar-refractivity contribution in [1.29, 1.82) is 0 Å². The Morgan fingerprint density at radius 1 is 1.42 bits per heavy atom. The fraction of sp³-hybridized carbons (Fsp3) is 0.385. The van der Waals surface area contributed by atoms with Gasteiger partial charge in [-0.1, -0.05) is 5.16 Å². The third-order valence-corrected chi connectivity index (χ3v) is 3.09. The van der Waals surface area contributed by atoms with E-state index >= 15 is 0 Å². The average Bonchev–Trinajstić information content (AvgIpc) is 2.92. The third-order valence-electron chi connectivity index (χ3n) is 3.09. The molecule has 19 heavy (non-hydrogen) atoms. The number of benzene rings is 1. The maximum absolute atomic E-state index is 11.7. The van der Waals surface area contributed by atoms with Crippen LogP contribution < -0.4 is 10.5 Å². The maximum Gasteiger partial charge on any atom is 0.354 e. The topological polar surface area (TPSA) is 83.1 Å². The molecule has 1 aromatic carbocycles. The second kappa shape index (κ2) is 5.27. The summed E-state index contributed by atoms with van der Waals surface area (Å²) in [6, 6.07) is 7.34. The lowest BCUT2D eigenvalue weighted by atomic mass is 9.94. The number of oxime groups is 1. The van der Waals surface area contributed by atoms with Crippen LogP contribution in [0.5, 0.6) is 5.75 Å². The molecule has 1 aliphatic rings.